The molecule has 0 heterocycles. The highest BCUT2D eigenvalue weighted by Crippen LogP contribution is 2.18. The number of unbranched alkanes of at least 4 members (excludes halogenated alkanes) is 9. The van der Waals surface area contributed by atoms with E-state index >= 15 is 0 Å². The van der Waals surface area contributed by atoms with Crippen molar-refractivity contribution in [3.63, 3.8) is 0 Å². The van der Waals surface area contributed by atoms with Crippen LogP contribution in [-0.4, -0.2) is 36.5 Å². The standard InChI is InChI=1S/C21H45ClN/c1-4-7-10-13-18-23(21-16-17-22,19-14-11-8-5-2)20-15-12-9-6-3/h4-21H2,1-3H3/q+1. The average Bonchev–Trinajstić information content (AvgIpc) is 2.57. The Morgan fingerprint density at radius 2 is 0.826 bits per heavy atom. The first-order valence-corrected chi connectivity index (χ1v) is 11.2. The molecule has 0 aliphatic carbocycles. The van der Waals surface area contributed by atoms with Crippen LogP contribution in [0, 0.1) is 0 Å². The van der Waals surface area contributed by atoms with E-state index in [0.29, 0.717) is 0 Å². The van der Waals surface area contributed by atoms with Crippen molar-refractivity contribution >= 4 is 11.6 Å². The largest absolute Gasteiger partial charge is 0.324 e. The third-order valence-electron chi connectivity index (χ3n) is 5.22. The van der Waals surface area contributed by atoms with Crippen LogP contribution in [0.1, 0.15) is 104 Å². The molecule has 0 amide bonds. The van der Waals surface area contributed by atoms with Gasteiger partial charge in [-0.25, -0.2) is 0 Å². The zero-order chi connectivity index (χ0) is 17.2. The van der Waals surface area contributed by atoms with Gasteiger partial charge in [0, 0.05) is 12.3 Å². The second-order valence-electron chi connectivity index (χ2n) is 7.46. The summed E-state index contributed by atoms with van der Waals surface area (Å²) in [6.45, 7) is 12.4. The molecule has 0 spiro atoms. The summed E-state index contributed by atoms with van der Waals surface area (Å²) in [5, 5.41) is 0. The molecule has 0 aromatic heterocycles. The van der Waals surface area contributed by atoms with Gasteiger partial charge in [-0.2, -0.15) is 0 Å². The van der Waals surface area contributed by atoms with Crippen molar-refractivity contribution in [2.45, 2.75) is 104 Å². The Labute approximate surface area is 152 Å². The van der Waals surface area contributed by atoms with Crippen LogP contribution < -0.4 is 0 Å². The molecular formula is C21H45ClN+. The van der Waals surface area contributed by atoms with Crippen LogP contribution in [0.25, 0.3) is 0 Å². The molecular weight excluding hydrogens is 302 g/mol. The molecule has 140 valence electrons. The number of nitrogens with zero attached hydrogens (tertiary/aromatic N) is 1. The fourth-order valence-corrected chi connectivity index (χ4v) is 3.81. The normalized spacial score (nSPS) is 12.0. The predicted molar refractivity (Wildman–Crippen MR) is 107 cm³/mol. The first kappa shape index (κ1) is 23.2. The quantitative estimate of drug-likeness (QED) is 0.140. The van der Waals surface area contributed by atoms with E-state index in [2.05, 4.69) is 20.8 Å². The van der Waals surface area contributed by atoms with Crippen LogP contribution in [0.5, 0.6) is 0 Å². The van der Waals surface area contributed by atoms with E-state index in [1.807, 2.05) is 0 Å². The minimum atomic E-state index is 0.832. The van der Waals surface area contributed by atoms with Crippen LogP contribution in [-0.2, 0) is 0 Å². The van der Waals surface area contributed by atoms with Gasteiger partial charge in [-0.3, -0.25) is 0 Å². The number of hydrogen-bond acceptors (Lipinski definition) is 0. The van der Waals surface area contributed by atoms with Crippen molar-refractivity contribution < 1.29 is 4.48 Å². The maximum Gasteiger partial charge on any atom is 0.0798 e. The maximum atomic E-state index is 6.05. The summed E-state index contributed by atoms with van der Waals surface area (Å²) >= 11 is 6.05. The predicted octanol–water partition coefficient (Wildman–Crippen LogP) is 7.17. The van der Waals surface area contributed by atoms with Crippen molar-refractivity contribution in [2.75, 3.05) is 32.1 Å². The average molecular weight is 347 g/mol. The highest BCUT2D eigenvalue weighted by atomic mass is 35.5. The number of rotatable bonds is 18. The number of halogens is 1. The van der Waals surface area contributed by atoms with Gasteiger partial charge in [-0.1, -0.05) is 59.3 Å². The maximum absolute atomic E-state index is 6.05. The summed E-state index contributed by atoms with van der Waals surface area (Å²) < 4.78 is 1.36. The Bertz CT molecular complexity index is 199. The van der Waals surface area contributed by atoms with Gasteiger partial charge in [-0.15, -0.1) is 11.6 Å². The lowest BCUT2D eigenvalue weighted by atomic mass is 10.1. The lowest BCUT2D eigenvalue weighted by Crippen LogP contribution is -2.51. The Morgan fingerprint density at radius 3 is 1.13 bits per heavy atom. The van der Waals surface area contributed by atoms with Crippen molar-refractivity contribution in [3.8, 4) is 0 Å². The van der Waals surface area contributed by atoms with E-state index in [9.17, 15) is 0 Å². The van der Waals surface area contributed by atoms with Crippen molar-refractivity contribution in [3.05, 3.63) is 0 Å². The van der Waals surface area contributed by atoms with E-state index in [1.165, 1.54) is 114 Å². The summed E-state index contributed by atoms with van der Waals surface area (Å²) in [4.78, 5) is 0. The van der Waals surface area contributed by atoms with E-state index in [0.717, 1.165) is 5.88 Å². The van der Waals surface area contributed by atoms with Crippen LogP contribution in [0.3, 0.4) is 0 Å². The molecule has 0 saturated carbocycles. The monoisotopic (exact) mass is 346 g/mol. The Morgan fingerprint density at radius 1 is 0.478 bits per heavy atom. The lowest BCUT2D eigenvalue weighted by molar-refractivity contribution is -0.928. The van der Waals surface area contributed by atoms with Crippen LogP contribution in [0.15, 0.2) is 0 Å². The molecule has 0 aromatic carbocycles. The molecule has 0 aliphatic rings. The molecule has 0 aromatic rings. The van der Waals surface area contributed by atoms with Crippen LogP contribution in [0.4, 0.5) is 0 Å². The van der Waals surface area contributed by atoms with E-state index < -0.39 is 0 Å². The topological polar surface area (TPSA) is 0 Å². The van der Waals surface area contributed by atoms with Crippen molar-refractivity contribution in [2.24, 2.45) is 0 Å². The molecule has 0 rings (SSSR count). The van der Waals surface area contributed by atoms with Gasteiger partial charge in [0.25, 0.3) is 0 Å². The fraction of sp³-hybridized carbons (Fsp3) is 1.00. The van der Waals surface area contributed by atoms with Gasteiger partial charge < -0.3 is 4.48 Å². The van der Waals surface area contributed by atoms with Gasteiger partial charge >= 0.3 is 0 Å². The number of hydrogen-bond donors (Lipinski definition) is 0. The Kier molecular flexibility index (Phi) is 17.3. The summed E-state index contributed by atoms with van der Waals surface area (Å²) in [5.74, 6) is 0.832. The third kappa shape index (κ3) is 13.2. The lowest BCUT2D eigenvalue weighted by Gasteiger charge is -2.39. The summed E-state index contributed by atoms with van der Waals surface area (Å²) in [6.07, 6.45) is 17.9. The second-order valence-corrected chi connectivity index (χ2v) is 7.84. The van der Waals surface area contributed by atoms with Gasteiger partial charge in [0.1, 0.15) is 0 Å². The molecule has 0 atom stereocenters. The van der Waals surface area contributed by atoms with Crippen LogP contribution in [0.2, 0.25) is 0 Å². The van der Waals surface area contributed by atoms with Gasteiger partial charge in [0.2, 0.25) is 0 Å². The Balaban J connectivity index is 4.51. The molecule has 0 bridgehead atoms. The SMILES string of the molecule is CCCCCC[N+](CCCCl)(CCCCCC)CCCCCC. The van der Waals surface area contributed by atoms with E-state index in [1.54, 1.807) is 0 Å². The minimum absolute atomic E-state index is 0.832. The van der Waals surface area contributed by atoms with Gasteiger partial charge in [0.15, 0.2) is 0 Å². The smallest absolute Gasteiger partial charge is 0.0798 e. The zero-order valence-corrected chi connectivity index (χ0v) is 17.3. The zero-order valence-electron chi connectivity index (χ0n) is 16.6. The minimum Gasteiger partial charge on any atom is -0.324 e. The molecule has 2 heteroatoms. The molecule has 1 nitrogen and oxygen atoms in total. The van der Waals surface area contributed by atoms with Gasteiger partial charge in [0.05, 0.1) is 26.2 Å². The summed E-state index contributed by atoms with van der Waals surface area (Å²) in [6, 6.07) is 0. The highest BCUT2D eigenvalue weighted by molar-refractivity contribution is 6.17. The molecule has 0 fully saturated rings. The van der Waals surface area contributed by atoms with Crippen molar-refractivity contribution in [1.29, 1.82) is 0 Å². The molecule has 0 radical (unpaired) electrons. The molecule has 0 saturated heterocycles. The number of alkyl halides is 1. The molecule has 0 unspecified atom stereocenters. The van der Waals surface area contributed by atoms with Gasteiger partial charge in [-0.05, 0) is 38.5 Å². The summed E-state index contributed by atoms with van der Waals surface area (Å²) in [7, 11) is 0. The molecule has 23 heavy (non-hydrogen) atoms. The first-order chi connectivity index (χ1) is 11.2. The van der Waals surface area contributed by atoms with Crippen LogP contribution >= 0.6 is 11.6 Å². The fourth-order valence-electron chi connectivity index (χ4n) is 3.69. The summed E-state index contributed by atoms with van der Waals surface area (Å²) in [5.41, 5.74) is 0. The van der Waals surface area contributed by atoms with Crippen molar-refractivity contribution in [1.82, 2.24) is 0 Å². The van der Waals surface area contributed by atoms with E-state index in [-0.39, 0.29) is 0 Å². The number of quaternary nitrogens is 1. The second kappa shape index (κ2) is 17.1. The molecule has 0 aliphatic heterocycles. The Hall–Kier alpha value is 0.250. The van der Waals surface area contributed by atoms with E-state index in [4.69, 9.17) is 11.6 Å². The third-order valence-corrected chi connectivity index (χ3v) is 5.49. The highest BCUT2D eigenvalue weighted by Gasteiger charge is 2.25. The molecule has 0 N–H and O–H groups in total. The first-order valence-electron chi connectivity index (χ1n) is 10.7.